The van der Waals surface area contributed by atoms with Crippen LogP contribution in [0.2, 0.25) is 0 Å². The summed E-state index contributed by atoms with van der Waals surface area (Å²) in [4.78, 5) is 10.7. The van der Waals surface area contributed by atoms with Gasteiger partial charge in [-0.2, -0.15) is 0 Å². The molecule has 0 unspecified atom stereocenters. The summed E-state index contributed by atoms with van der Waals surface area (Å²) in [7, 11) is 0. The molecule has 0 saturated carbocycles. The lowest BCUT2D eigenvalue weighted by atomic mass is 10.2. The van der Waals surface area contributed by atoms with Gasteiger partial charge < -0.3 is 14.4 Å². The van der Waals surface area contributed by atoms with Crippen LogP contribution in [-0.2, 0) is 22.5 Å². The smallest absolute Gasteiger partial charge is 0.313 e. The average Bonchev–Trinajstić information content (AvgIpc) is 2.99. The van der Waals surface area contributed by atoms with E-state index in [1.165, 1.54) is 11.8 Å². The van der Waals surface area contributed by atoms with Crippen LogP contribution in [0.15, 0.2) is 5.16 Å². The van der Waals surface area contributed by atoms with Crippen LogP contribution >= 0.6 is 11.8 Å². The quantitative estimate of drug-likeness (QED) is 0.767. The molecule has 0 spiro atoms. The van der Waals surface area contributed by atoms with Gasteiger partial charge in [0, 0.05) is 13.0 Å². The first kappa shape index (κ1) is 14.3. The zero-order chi connectivity index (χ0) is 13.7. The Balaban J connectivity index is 2.09. The third-order valence-corrected chi connectivity index (χ3v) is 3.95. The number of carboxylic acid groups (broad SMARTS) is 1. The first-order valence-electron chi connectivity index (χ1n) is 6.59. The van der Waals surface area contributed by atoms with Crippen molar-refractivity contribution in [1.82, 2.24) is 14.8 Å². The number of hydrogen-bond donors (Lipinski definition) is 1. The lowest BCUT2D eigenvalue weighted by Crippen LogP contribution is -2.18. The second kappa shape index (κ2) is 6.91. The van der Waals surface area contributed by atoms with Crippen LogP contribution in [0.1, 0.15) is 32.0 Å². The molecule has 1 aliphatic heterocycles. The molecule has 7 heteroatoms. The van der Waals surface area contributed by atoms with E-state index >= 15 is 0 Å². The standard InChI is InChI=1S/C12H19N3O3S/c1-2-4-10-13-14-12(19-8-11(16)17)15(10)7-9-5-3-6-18-9/h9H,2-8H2,1H3,(H,16,17)/t9-/m0/s1. The Hall–Kier alpha value is -1.08. The lowest BCUT2D eigenvalue weighted by Gasteiger charge is -2.14. The van der Waals surface area contributed by atoms with Crippen molar-refractivity contribution >= 4 is 17.7 Å². The average molecular weight is 285 g/mol. The highest BCUT2D eigenvalue weighted by atomic mass is 32.2. The fraction of sp³-hybridized carbons (Fsp3) is 0.750. The predicted molar refractivity (Wildman–Crippen MR) is 71.4 cm³/mol. The number of carbonyl (C=O) groups is 1. The Bertz CT molecular complexity index is 430. The third-order valence-electron chi connectivity index (χ3n) is 3.00. The summed E-state index contributed by atoms with van der Waals surface area (Å²) in [6.07, 6.45) is 4.19. The second-order valence-corrected chi connectivity index (χ2v) is 5.52. The van der Waals surface area contributed by atoms with Crippen molar-refractivity contribution < 1.29 is 14.6 Å². The maximum Gasteiger partial charge on any atom is 0.313 e. The molecule has 0 aliphatic carbocycles. The lowest BCUT2D eigenvalue weighted by molar-refractivity contribution is -0.133. The summed E-state index contributed by atoms with van der Waals surface area (Å²) in [5, 5.41) is 17.7. The summed E-state index contributed by atoms with van der Waals surface area (Å²) in [5.41, 5.74) is 0. The van der Waals surface area contributed by atoms with Crippen molar-refractivity contribution in [3.63, 3.8) is 0 Å². The van der Waals surface area contributed by atoms with Gasteiger partial charge in [-0.15, -0.1) is 10.2 Å². The number of thioether (sulfide) groups is 1. The predicted octanol–water partition coefficient (Wildman–Crippen LogP) is 1.59. The molecule has 1 atom stereocenters. The van der Waals surface area contributed by atoms with E-state index in [1.54, 1.807) is 0 Å². The molecular weight excluding hydrogens is 266 g/mol. The fourth-order valence-electron chi connectivity index (χ4n) is 2.14. The highest BCUT2D eigenvalue weighted by Crippen LogP contribution is 2.21. The third kappa shape index (κ3) is 3.94. The Morgan fingerprint density at radius 2 is 2.42 bits per heavy atom. The molecule has 1 fully saturated rings. The zero-order valence-electron chi connectivity index (χ0n) is 11.0. The van der Waals surface area contributed by atoms with Crippen molar-refractivity contribution in [2.24, 2.45) is 0 Å². The Kier molecular flexibility index (Phi) is 5.21. The van der Waals surface area contributed by atoms with Gasteiger partial charge in [0.05, 0.1) is 18.4 Å². The molecule has 1 aliphatic rings. The highest BCUT2D eigenvalue weighted by Gasteiger charge is 2.21. The van der Waals surface area contributed by atoms with Crippen molar-refractivity contribution in [1.29, 1.82) is 0 Å². The maximum absolute atomic E-state index is 10.7. The number of aliphatic carboxylic acids is 1. The summed E-state index contributed by atoms with van der Waals surface area (Å²) < 4.78 is 7.66. The van der Waals surface area contributed by atoms with Gasteiger partial charge >= 0.3 is 5.97 Å². The van der Waals surface area contributed by atoms with Crippen LogP contribution < -0.4 is 0 Å². The molecule has 106 valence electrons. The SMILES string of the molecule is CCCc1nnc(SCC(=O)O)n1C[C@@H]1CCCO1. The molecule has 6 nitrogen and oxygen atoms in total. The van der Waals surface area contributed by atoms with Crippen LogP contribution in [0, 0.1) is 0 Å². The number of aryl methyl sites for hydroxylation is 1. The van der Waals surface area contributed by atoms with E-state index in [0.717, 1.165) is 44.7 Å². The number of carboxylic acids is 1. The van der Waals surface area contributed by atoms with Crippen LogP contribution in [-0.4, -0.2) is 44.3 Å². The summed E-state index contributed by atoms with van der Waals surface area (Å²) in [6.45, 7) is 3.63. The second-order valence-electron chi connectivity index (χ2n) is 4.58. The minimum atomic E-state index is -0.839. The van der Waals surface area contributed by atoms with Gasteiger partial charge in [-0.05, 0) is 19.3 Å². The molecule has 2 rings (SSSR count). The van der Waals surface area contributed by atoms with Crippen molar-refractivity contribution in [2.45, 2.75) is 50.4 Å². The van der Waals surface area contributed by atoms with Gasteiger partial charge in [-0.25, -0.2) is 0 Å². The molecule has 0 radical (unpaired) electrons. The van der Waals surface area contributed by atoms with Crippen LogP contribution in [0.4, 0.5) is 0 Å². The normalized spacial score (nSPS) is 18.9. The van der Waals surface area contributed by atoms with Crippen LogP contribution in [0.5, 0.6) is 0 Å². The monoisotopic (exact) mass is 285 g/mol. The number of nitrogens with zero attached hydrogens (tertiary/aromatic N) is 3. The summed E-state index contributed by atoms with van der Waals surface area (Å²) in [5.74, 6) is 0.0927. The van der Waals surface area contributed by atoms with E-state index < -0.39 is 5.97 Å². The molecule has 0 amide bonds. The topological polar surface area (TPSA) is 77.2 Å². The van der Waals surface area contributed by atoms with Gasteiger partial charge in [0.15, 0.2) is 5.16 Å². The highest BCUT2D eigenvalue weighted by molar-refractivity contribution is 7.99. The van der Waals surface area contributed by atoms with Gasteiger partial charge in [-0.1, -0.05) is 18.7 Å². The van der Waals surface area contributed by atoms with Crippen molar-refractivity contribution in [3.05, 3.63) is 5.82 Å². The number of ether oxygens (including phenoxy) is 1. The largest absolute Gasteiger partial charge is 0.481 e. The van der Waals surface area contributed by atoms with Crippen molar-refractivity contribution in [3.8, 4) is 0 Å². The van der Waals surface area contributed by atoms with E-state index in [9.17, 15) is 4.79 Å². The number of aromatic nitrogens is 3. The van der Waals surface area contributed by atoms with Crippen LogP contribution in [0.25, 0.3) is 0 Å². The van der Waals surface area contributed by atoms with Gasteiger partial charge in [0.25, 0.3) is 0 Å². The summed E-state index contributed by atoms with van der Waals surface area (Å²) in [6, 6.07) is 0. The van der Waals surface area contributed by atoms with Crippen molar-refractivity contribution in [2.75, 3.05) is 12.4 Å². The van der Waals surface area contributed by atoms with E-state index in [4.69, 9.17) is 9.84 Å². The molecule has 1 saturated heterocycles. The Labute approximate surface area is 116 Å². The molecule has 1 N–H and O–H groups in total. The molecular formula is C12H19N3O3S. The van der Waals surface area contributed by atoms with E-state index in [0.29, 0.717) is 5.16 Å². The molecule has 1 aromatic rings. The molecule has 0 bridgehead atoms. The van der Waals surface area contributed by atoms with E-state index in [-0.39, 0.29) is 11.9 Å². The molecule has 0 aromatic carbocycles. The Morgan fingerprint density at radius 3 is 3.05 bits per heavy atom. The minimum absolute atomic E-state index is 0.00970. The van der Waals surface area contributed by atoms with Gasteiger partial charge in [-0.3, -0.25) is 4.79 Å². The maximum atomic E-state index is 10.7. The fourth-order valence-corrected chi connectivity index (χ4v) is 2.82. The van der Waals surface area contributed by atoms with Crippen LogP contribution in [0.3, 0.4) is 0 Å². The van der Waals surface area contributed by atoms with Gasteiger partial charge in [0.2, 0.25) is 0 Å². The number of hydrogen-bond acceptors (Lipinski definition) is 5. The summed E-state index contributed by atoms with van der Waals surface area (Å²) >= 11 is 1.22. The van der Waals surface area contributed by atoms with E-state index in [2.05, 4.69) is 17.1 Å². The zero-order valence-corrected chi connectivity index (χ0v) is 11.9. The molecule has 19 heavy (non-hydrogen) atoms. The minimum Gasteiger partial charge on any atom is -0.481 e. The Morgan fingerprint density at radius 1 is 1.58 bits per heavy atom. The molecule has 2 heterocycles. The van der Waals surface area contributed by atoms with Gasteiger partial charge in [0.1, 0.15) is 5.82 Å². The first-order valence-corrected chi connectivity index (χ1v) is 7.57. The first-order chi connectivity index (χ1) is 9.20. The molecule has 1 aromatic heterocycles. The number of rotatable bonds is 7. The van der Waals surface area contributed by atoms with E-state index in [1.807, 2.05) is 4.57 Å².